The standard InChI is InChI=1S/C16H14Cl2O3/c1-11-8-14(17)16(15(18)9-11)21-7-6-20-13-4-2-12(10-19)3-5-13/h2-5,8-10H,6-7H2,1H3. The first-order valence-corrected chi connectivity index (χ1v) is 7.12. The van der Waals surface area contributed by atoms with Crippen LogP contribution in [0, 0.1) is 6.92 Å². The minimum Gasteiger partial charge on any atom is -0.490 e. The van der Waals surface area contributed by atoms with Crippen molar-refractivity contribution in [2.45, 2.75) is 6.92 Å². The molecule has 0 atom stereocenters. The molecule has 0 aliphatic carbocycles. The van der Waals surface area contributed by atoms with Crippen LogP contribution in [0.15, 0.2) is 36.4 Å². The Morgan fingerprint density at radius 1 is 1.00 bits per heavy atom. The number of ether oxygens (including phenoxy) is 2. The average Bonchev–Trinajstić information content (AvgIpc) is 2.46. The average molecular weight is 325 g/mol. The number of halogens is 2. The lowest BCUT2D eigenvalue weighted by atomic mass is 10.2. The van der Waals surface area contributed by atoms with E-state index in [0.717, 1.165) is 11.8 Å². The second-order valence-corrected chi connectivity index (χ2v) is 5.26. The summed E-state index contributed by atoms with van der Waals surface area (Å²) in [7, 11) is 0. The highest BCUT2D eigenvalue weighted by Crippen LogP contribution is 2.33. The lowest BCUT2D eigenvalue weighted by molar-refractivity contribution is 0.112. The van der Waals surface area contributed by atoms with E-state index in [9.17, 15) is 4.79 Å². The summed E-state index contributed by atoms with van der Waals surface area (Å²) in [5.41, 5.74) is 1.58. The molecule has 0 heterocycles. The molecule has 0 radical (unpaired) electrons. The first-order valence-electron chi connectivity index (χ1n) is 6.36. The molecule has 0 aromatic heterocycles. The number of carbonyl (C=O) groups excluding carboxylic acids is 1. The SMILES string of the molecule is Cc1cc(Cl)c(OCCOc2ccc(C=O)cc2)c(Cl)c1. The molecule has 0 aliphatic rings. The maximum atomic E-state index is 10.5. The largest absolute Gasteiger partial charge is 0.490 e. The van der Waals surface area contributed by atoms with E-state index in [2.05, 4.69) is 0 Å². The van der Waals surface area contributed by atoms with E-state index < -0.39 is 0 Å². The van der Waals surface area contributed by atoms with Crippen LogP contribution in [-0.4, -0.2) is 19.5 Å². The Balaban J connectivity index is 1.85. The van der Waals surface area contributed by atoms with Gasteiger partial charge in [-0.2, -0.15) is 0 Å². The molecule has 0 bridgehead atoms. The summed E-state index contributed by atoms with van der Waals surface area (Å²) in [5.74, 6) is 1.13. The zero-order valence-electron chi connectivity index (χ0n) is 11.4. The van der Waals surface area contributed by atoms with E-state index in [1.54, 1.807) is 36.4 Å². The highest BCUT2D eigenvalue weighted by atomic mass is 35.5. The van der Waals surface area contributed by atoms with Crippen LogP contribution in [0.1, 0.15) is 15.9 Å². The lowest BCUT2D eigenvalue weighted by Crippen LogP contribution is -2.09. The van der Waals surface area contributed by atoms with Crippen LogP contribution >= 0.6 is 23.2 Å². The normalized spacial score (nSPS) is 10.2. The van der Waals surface area contributed by atoms with Crippen molar-refractivity contribution in [3.8, 4) is 11.5 Å². The molecule has 0 aliphatic heterocycles. The van der Waals surface area contributed by atoms with Gasteiger partial charge in [-0.25, -0.2) is 0 Å². The van der Waals surface area contributed by atoms with Gasteiger partial charge in [-0.15, -0.1) is 0 Å². The molecule has 0 unspecified atom stereocenters. The minimum atomic E-state index is 0.317. The zero-order valence-corrected chi connectivity index (χ0v) is 12.9. The number of benzene rings is 2. The molecule has 3 nitrogen and oxygen atoms in total. The van der Waals surface area contributed by atoms with Crippen LogP contribution in [-0.2, 0) is 0 Å². The van der Waals surface area contributed by atoms with Gasteiger partial charge in [0.05, 0.1) is 10.0 Å². The van der Waals surface area contributed by atoms with Crippen molar-refractivity contribution in [1.82, 2.24) is 0 Å². The van der Waals surface area contributed by atoms with Crippen molar-refractivity contribution >= 4 is 29.5 Å². The molecule has 2 aromatic rings. The molecule has 0 spiro atoms. The number of carbonyl (C=O) groups is 1. The first-order chi connectivity index (χ1) is 10.1. The molecule has 5 heteroatoms. The van der Waals surface area contributed by atoms with Crippen molar-refractivity contribution in [2.24, 2.45) is 0 Å². The van der Waals surface area contributed by atoms with E-state index in [1.165, 1.54) is 0 Å². The van der Waals surface area contributed by atoms with Gasteiger partial charge in [0.2, 0.25) is 0 Å². The quantitative estimate of drug-likeness (QED) is 0.576. The highest BCUT2D eigenvalue weighted by molar-refractivity contribution is 6.37. The Labute approximate surface area is 133 Å². The Morgan fingerprint density at radius 2 is 1.57 bits per heavy atom. The fourth-order valence-electron chi connectivity index (χ4n) is 1.77. The van der Waals surface area contributed by atoms with Crippen LogP contribution in [0.4, 0.5) is 0 Å². The van der Waals surface area contributed by atoms with Gasteiger partial charge in [0.1, 0.15) is 25.2 Å². The van der Waals surface area contributed by atoms with Crippen LogP contribution in [0.3, 0.4) is 0 Å². The summed E-state index contributed by atoms with van der Waals surface area (Å²) < 4.78 is 11.0. The molecule has 2 aromatic carbocycles. The Bertz CT molecular complexity index is 601. The Hall–Kier alpha value is -1.71. The second-order valence-electron chi connectivity index (χ2n) is 4.44. The maximum Gasteiger partial charge on any atom is 0.156 e. The molecule has 110 valence electrons. The highest BCUT2D eigenvalue weighted by Gasteiger charge is 2.08. The molecular weight excluding hydrogens is 311 g/mol. The molecule has 0 saturated heterocycles. The molecular formula is C16H14Cl2O3. The molecule has 0 N–H and O–H groups in total. The summed E-state index contributed by atoms with van der Waals surface area (Å²) >= 11 is 12.2. The molecule has 21 heavy (non-hydrogen) atoms. The topological polar surface area (TPSA) is 35.5 Å². The van der Waals surface area contributed by atoms with Gasteiger partial charge in [0, 0.05) is 5.56 Å². The number of aldehydes is 1. The summed E-state index contributed by atoms with van der Waals surface area (Å²) in [4.78, 5) is 10.5. The van der Waals surface area contributed by atoms with Gasteiger partial charge in [-0.3, -0.25) is 4.79 Å². The second kappa shape index (κ2) is 7.34. The number of hydrogen-bond donors (Lipinski definition) is 0. The van der Waals surface area contributed by atoms with Crippen LogP contribution in [0.2, 0.25) is 10.0 Å². The summed E-state index contributed by atoms with van der Waals surface area (Å²) in [6.45, 7) is 2.58. The Morgan fingerprint density at radius 3 is 2.14 bits per heavy atom. The van der Waals surface area contributed by atoms with Gasteiger partial charge >= 0.3 is 0 Å². The summed E-state index contributed by atoms with van der Waals surface area (Å²) in [6, 6.07) is 10.4. The third-order valence-corrected chi connectivity index (χ3v) is 3.32. The lowest BCUT2D eigenvalue weighted by Gasteiger charge is -2.11. The van der Waals surface area contributed by atoms with Gasteiger partial charge < -0.3 is 9.47 Å². The smallest absolute Gasteiger partial charge is 0.156 e. The van der Waals surface area contributed by atoms with Crippen LogP contribution in [0.25, 0.3) is 0 Å². The van der Waals surface area contributed by atoms with Gasteiger partial charge in [0.25, 0.3) is 0 Å². The Kier molecular flexibility index (Phi) is 5.48. The molecule has 2 rings (SSSR count). The van der Waals surface area contributed by atoms with E-state index in [4.69, 9.17) is 32.7 Å². The van der Waals surface area contributed by atoms with Crippen molar-refractivity contribution < 1.29 is 14.3 Å². The number of hydrogen-bond acceptors (Lipinski definition) is 3. The van der Waals surface area contributed by atoms with E-state index in [-0.39, 0.29) is 0 Å². The molecule has 0 saturated carbocycles. The fourth-order valence-corrected chi connectivity index (χ4v) is 2.48. The van der Waals surface area contributed by atoms with E-state index >= 15 is 0 Å². The van der Waals surface area contributed by atoms with Gasteiger partial charge in [0.15, 0.2) is 5.75 Å². The molecule has 0 fully saturated rings. The van der Waals surface area contributed by atoms with E-state index in [1.807, 2.05) is 6.92 Å². The predicted octanol–water partition coefficient (Wildman–Crippen LogP) is 4.57. The third-order valence-electron chi connectivity index (χ3n) is 2.76. The van der Waals surface area contributed by atoms with Crippen LogP contribution in [0.5, 0.6) is 11.5 Å². The third kappa shape index (κ3) is 4.38. The van der Waals surface area contributed by atoms with E-state index in [0.29, 0.717) is 40.3 Å². The molecule has 0 amide bonds. The van der Waals surface area contributed by atoms with Crippen molar-refractivity contribution in [1.29, 1.82) is 0 Å². The van der Waals surface area contributed by atoms with Crippen molar-refractivity contribution in [3.05, 3.63) is 57.6 Å². The number of rotatable bonds is 6. The maximum absolute atomic E-state index is 10.5. The number of aryl methyl sites for hydroxylation is 1. The van der Waals surface area contributed by atoms with Crippen LogP contribution < -0.4 is 9.47 Å². The fraction of sp³-hybridized carbons (Fsp3) is 0.188. The van der Waals surface area contributed by atoms with Crippen molar-refractivity contribution in [2.75, 3.05) is 13.2 Å². The zero-order chi connectivity index (χ0) is 15.2. The van der Waals surface area contributed by atoms with Gasteiger partial charge in [-0.05, 0) is 48.9 Å². The monoisotopic (exact) mass is 324 g/mol. The first kappa shape index (κ1) is 15.7. The van der Waals surface area contributed by atoms with Crippen molar-refractivity contribution in [3.63, 3.8) is 0 Å². The minimum absolute atomic E-state index is 0.317. The van der Waals surface area contributed by atoms with Gasteiger partial charge in [-0.1, -0.05) is 23.2 Å². The summed E-state index contributed by atoms with van der Waals surface area (Å²) in [6.07, 6.45) is 0.786. The summed E-state index contributed by atoms with van der Waals surface area (Å²) in [5, 5.41) is 0.964. The predicted molar refractivity (Wildman–Crippen MR) is 84.0 cm³/mol.